The molecule has 0 amide bonds. The number of halogens is 2. The van der Waals surface area contributed by atoms with E-state index in [1.165, 1.54) is 6.07 Å². The van der Waals surface area contributed by atoms with Crippen molar-refractivity contribution in [1.29, 1.82) is 0 Å². The van der Waals surface area contributed by atoms with Crippen LogP contribution in [-0.4, -0.2) is 0 Å². The third-order valence-corrected chi connectivity index (χ3v) is 2.76. The van der Waals surface area contributed by atoms with E-state index in [4.69, 9.17) is 22.1 Å². The average Bonchev–Trinajstić information content (AvgIpc) is 2.34. The smallest absolute Gasteiger partial charge is 0.130 e. The lowest BCUT2D eigenvalue weighted by Gasteiger charge is -2.06. The average molecular weight is 266 g/mol. The van der Waals surface area contributed by atoms with Crippen LogP contribution in [0.1, 0.15) is 11.1 Å². The Labute approximate surface area is 110 Å². The molecule has 0 saturated carbocycles. The minimum Gasteiger partial charge on any atom is -0.399 e. The molecule has 0 fully saturated rings. The molecule has 0 saturated heterocycles. The van der Waals surface area contributed by atoms with Crippen molar-refractivity contribution in [3.63, 3.8) is 0 Å². The Kier molecular flexibility index (Phi) is 4.18. The molecule has 0 aliphatic carbocycles. The summed E-state index contributed by atoms with van der Waals surface area (Å²) in [7, 11) is 0. The quantitative estimate of drug-likeness (QED) is 0.854. The summed E-state index contributed by atoms with van der Waals surface area (Å²) in [6, 6.07) is 11.9. The molecule has 2 aromatic rings. The number of hydrogen-bond donors (Lipinski definition) is 1. The van der Waals surface area contributed by atoms with Gasteiger partial charge in [0.15, 0.2) is 0 Å². The van der Waals surface area contributed by atoms with Crippen molar-refractivity contribution in [2.75, 3.05) is 5.73 Å². The van der Waals surface area contributed by atoms with Crippen LogP contribution in [0.15, 0.2) is 42.5 Å². The monoisotopic (exact) mass is 265 g/mol. The summed E-state index contributed by atoms with van der Waals surface area (Å²) >= 11 is 5.67. The van der Waals surface area contributed by atoms with Gasteiger partial charge in [0.25, 0.3) is 0 Å². The maximum Gasteiger partial charge on any atom is 0.130 e. The summed E-state index contributed by atoms with van der Waals surface area (Å²) in [4.78, 5) is 0. The van der Waals surface area contributed by atoms with Crippen LogP contribution in [-0.2, 0) is 18.0 Å². The lowest BCUT2D eigenvalue weighted by atomic mass is 10.2. The summed E-state index contributed by atoms with van der Waals surface area (Å²) in [5, 5.41) is 0.384. The summed E-state index contributed by atoms with van der Waals surface area (Å²) in [6.45, 7) is 0.635. The van der Waals surface area contributed by atoms with Crippen molar-refractivity contribution >= 4 is 17.3 Å². The molecule has 18 heavy (non-hydrogen) atoms. The fraction of sp³-hybridized carbons (Fsp3) is 0.143. The van der Waals surface area contributed by atoms with Gasteiger partial charge in [-0.1, -0.05) is 29.8 Å². The van der Waals surface area contributed by atoms with Crippen LogP contribution in [0.2, 0.25) is 5.02 Å². The van der Waals surface area contributed by atoms with Gasteiger partial charge in [0.05, 0.1) is 13.2 Å². The van der Waals surface area contributed by atoms with Gasteiger partial charge in [0.1, 0.15) is 5.82 Å². The van der Waals surface area contributed by atoms with E-state index in [1.807, 2.05) is 24.3 Å². The lowest BCUT2D eigenvalue weighted by molar-refractivity contribution is 0.105. The van der Waals surface area contributed by atoms with Crippen molar-refractivity contribution < 1.29 is 9.13 Å². The van der Waals surface area contributed by atoms with E-state index in [9.17, 15) is 4.39 Å². The van der Waals surface area contributed by atoms with Crippen LogP contribution < -0.4 is 5.73 Å². The van der Waals surface area contributed by atoms with Gasteiger partial charge < -0.3 is 10.5 Å². The van der Waals surface area contributed by atoms with Gasteiger partial charge in [0, 0.05) is 16.3 Å². The number of nitrogen functional groups attached to an aromatic ring is 1. The van der Waals surface area contributed by atoms with Crippen molar-refractivity contribution in [1.82, 2.24) is 0 Å². The first-order valence-electron chi connectivity index (χ1n) is 5.51. The molecular formula is C14H13ClFNO. The molecule has 2 N–H and O–H groups in total. The maximum atomic E-state index is 13.4. The van der Waals surface area contributed by atoms with E-state index in [2.05, 4.69) is 0 Å². The van der Waals surface area contributed by atoms with Crippen LogP contribution in [0, 0.1) is 5.82 Å². The Morgan fingerprint density at radius 1 is 1.06 bits per heavy atom. The predicted molar refractivity (Wildman–Crippen MR) is 70.8 cm³/mol. The second kappa shape index (κ2) is 5.85. The molecule has 4 heteroatoms. The summed E-state index contributed by atoms with van der Waals surface area (Å²) in [6.07, 6.45) is 0. The molecule has 0 atom stereocenters. The summed E-state index contributed by atoms with van der Waals surface area (Å²) in [5.74, 6) is -0.347. The Balaban J connectivity index is 1.90. The first-order valence-corrected chi connectivity index (χ1v) is 5.89. The maximum absolute atomic E-state index is 13.4. The summed E-state index contributed by atoms with van der Waals surface area (Å²) in [5.41, 5.74) is 7.78. The lowest BCUT2D eigenvalue weighted by Crippen LogP contribution is -1.97. The van der Waals surface area contributed by atoms with Crippen molar-refractivity contribution in [2.45, 2.75) is 13.2 Å². The van der Waals surface area contributed by atoms with E-state index >= 15 is 0 Å². The number of hydrogen-bond acceptors (Lipinski definition) is 2. The molecule has 94 valence electrons. The molecule has 2 aromatic carbocycles. The molecule has 0 unspecified atom stereocenters. The van der Waals surface area contributed by atoms with Crippen molar-refractivity contribution in [3.8, 4) is 0 Å². The predicted octanol–water partition coefficient (Wildman–Crippen LogP) is 3.78. The van der Waals surface area contributed by atoms with Crippen molar-refractivity contribution in [3.05, 3.63) is 64.4 Å². The normalized spacial score (nSPS) is 10.6. The van der Waals surface area contributed by atoms with E-state index in [0.717, 1.165) is 5.56 Å². The molecule has 2 nitrogen and oxygen atoms in total. The highest BCUT2D eigenvalue weighted by atomic mass is 35.5. The number of ether oxygens (including phenoxy) is 1. The zero-order chi connectivity index (χ0) is 13.0. The molecule has 2 rings (SSSR count). The van der Waals surface area contributed by atoms with Gasteiger partial charge in [-0.05, 0) is 29.8 Å². The molecule has 0 spiro atoms. The number of rotatable bonds is 4. The third-order valence-electron chi connectivity index (χ3n) is 2.52. The summed E-state index contributed by atoms with van der Waals surface area (Å²) < 4.78 is 18.9. The largest absolute Gasteiger partial charge is 0.399 e. The van der Waals surface area contributed by atoms with Gasteiger partial charge in [-0.25, -0.2) is 4.39 Å². The zero-order valence-corrected chi connectivity index (χ0v) is 10.5. The van der Waals surface area contributed by atoms with Gasteiger partial charge in [-0.2, -0.15) is 0 Å². The highest BCUT2D eigenvalue weighted by Gasteiger charge is 2.03. The molecular weight excluding hydrogens is 253 g/mol. The number of benzene rings is 2. The number of anilines is 1. The zero-order valence-electron chi connectivity index (χ0n) is 9.70. The Bertz CT molecular complexity index is 528. The van der Waals surface area contributed by atoms with E-state index < -0.39 is 0 Å². The standard InChI is InChI=1S/C14H13ClFNO/c15-12-4-3-11(14(16)7-12)9-18-8-10-1-5-13(17)6-2-10/h1-7H,8-9,17H2. The first kappa shape index (κ1) is 12.9. The van der Waals surface area contributed by atoms with Crippen molar-refractivity contribution in [2.24, 2.45) is 0 Å². The first-order chi connectivity index (χ1) is 8.65. The highest BCUT2D eigenvalue weighted by Crippen LogP contribution is 2.16. The van der Waals surface area contributed by atoms with Gasteiger partial charge >= 0.3 is 0 Å². The Morgan fingerprint density at radius 3 is 2.44 bits per heavy atom. The van der Waals surface area contributed by atoms with Crippen LogP contribution in [0.3, 0.4) is 0 Å². The molecule has 0 radical (unpaired) electrons. The SMILES string of the molecule is Nc1ccc(COCc2ccc(Cl)cc2F)cc1. The molecule has 0 bridgehead atoms. The van der Waals surface area contributed by atoms with Gasteiger partial charge in [-0.15, -0.1) is 0 Å². The van der Waals surface area contributed by atoms with Gasteiger partial charge in [-0.3, -0.25) is 0 Å². The van der Waals surface area contributed by atoms with Gasteiger partial charge in [0.2, 0.25) is 0 Å². The second-order valence-corrected chi connectivity index (χ2v) is 4.41. The Morgan fingerprint density at radius 2 is 1.78 bits per heavy atom. The van der Waals surface area contributed by atoms with E-state index in [0.29, 0.717) is 22.9 Å². The van der Waals surface area contributed by atoms with Crippen LogP contribution in [0.25, 0.3) is 0 Å². The molecule has 0 aliphatic heterocycles. The van der Waals surface area contributed by atoms with Crippen LogP contribution >= 0.6 is 11.6 Å². The minimum atomic E-state index is -0.347. The third kappa shape index (κ3) is 3.45. The fourth-order valence-corrected chi connectivity index (χ4v) is 1.69. The Hall–Kier alpha value is -1.58. The fourth-order valence-electron chi connectivity index (χ4n) is 1.53. The minimum absolute atomic E-state index is 0.216. The van der Waals surface area contributed by atoms with E-state index in [1.54, 1.807) is 12.1 Å². The molecule has 0 aromatic heterocycles. The van der Waals surface area contributed by atoms with Crippen LogP contribution in [0.5, 0.6) is 0 Å². The number of nitrogens with two attached hydrogens (primary N) is 1. The van der Waals surface area contributed by atoms with E-state index in [-0.39, 0.29) is 12.4 Å². The van der Waals surface area contributed by atoms with Crippen LogP contribution in [0.4, 0.5) is 10.1 Å². The topological polar surface area (TPSA) is 35.2 Å². The molecule has 0 heterocycles. The highest BCUT2D eigenvalue weighted by molar-refractivity contribution is 6.30. The molecule has 0 aliphatic rings. The second-order valence-electron chi connectivity index (χ2n) is 3.97.